The van der Waals surface area contributed by atoms with Crippen molar-refractivity contribution in [1.82, 2.24) is 4.90 Å². The maximum Gasteiger partial charge on any atom is 0.305 e. The standard InChI is InChI=1S/C14H18FNO4/c1-9(2)16(7-6-13(17)18)14(19)10-4-5-11(15)12(8-10)20-3/h4-5,8-9H,6-7H2,1-3H3,(H,17,18). The number of ether oxygens (including phenoxy) is 1. The van der Waals surface area contributed by atoms with Crippen LogP contribution in [-0.2, 0) is 4.79 Å². The van der Waals surface area contributed by atoms with Gasteiger partial charge >= 0.3 is 5.97 Å². The summed E-state index contributed by atoms with van der Waals surface area (Å²) >= 11 is 0. The van der Waals surface area contributed by atoms with Crippen molar-refractivity contribution in [2.24, 2.45) is 0 Å². The lowest BCUT2D eigenvalue weighted by atomic mass is 10.1. The minimum absolute atomic E-state index is 0.0159. The zero-order valence-corrected chi connectivity index (χ0v) is 11.7. The number of carboxylic acids is 1. The van der Waals surface area contributed by atoms with Crippen LogP contribution < -0.4 is 4.74 Å². The van der Waals surface area contributed by atoms with Crippen LogP contribution in [0.4, 0.5) is 4.39 Å². The first-order valence-corrected chi connectivity index (χ1v) is 6.23. The summed E-state index contributed by atoms with van der Waals surface area (Å²) in [6.45, 7) is 3.69. The maximum atomic E-state index is 13.3. The number of carboxylic acid groups (broad SMARTS) is 1. The molecular weight excluding hydrogens is 265 g/mol. The Labute approximate surface area is 117 Å². The van der Waals surface area contributed by atoms with Gasteiger partial charge < -0.3 is 14.7 Å². The second-order valence-corrected chi connectivity index (χ2v) is 4.59. The molecule has 0 heterocycles. The minimum Gasteiger partial charge on any atom is -0.494 e. The van der Waals surface area contributed by atoms with Gasteiger partial charge in [0, 0.05) is 18.2 Å². The van der Waals surface area contributed by atoms with Gasteiger partial charge in [-0.25, -0.2) is 4.39 Å². The average Bonchev–Trinajstić information content (AvgIpc) is 2.38. The highest BCUT2D eigenvalue weighted by Crippen LogP contribution is 2.20. The number of amides is 1. The van der Waals surface area contributed by atoms with Crippen molar-refractivity contribution in [1.29, 1.82) is 0 Å². The molecule has 0 saturated carbocycles. The number of carbonyl (C=O) groups is 2. The van der Waals surface area contributed by atoms with Crippen molar-refractivity contribution in [3.05, 3.63) is 29.6 Å². The van der Waals surface area contributed by atoms with Gasteiger partial charge in [-0.2, -0.15) is 0 Å². The van der Waals surface area contributed by atoms with Crippen LogP contribution in [0.3, 0.4) is 0 Å². The van der Waals surface area contributed by atoms with E-state index >= 15 is 0 Å². The largest absolute Gasteiger partial charge is 0.494 e. The molecule has 0 fully saturated rings. The van der Waals surface area contributed by atoms with Crippen molar-refractivity contribution in [3.63, 3.8) is 0 Å². The van der Waals surface area contributed by atoms with Gasteiger partial charge in [0.15, 0.2) is 11.6 Å². The molecule has 0 saturated heterocycles. The van der Waals surface area contributed by atoms with Crippen molar-refractivity contribution < 1.29 is 23.8 Å². The van der Waals surface area contributed by atoms with Gasteiger partial charge in [0.2, 0.25) is 0 Å². The lowest BCUT2D eigenvalue weighted by molar-refractivity contribution is -0.137. The molecule has 1 rings (SSSR count). The van der Waals surface area contributed by atoms with Crippen LogP contribution in [0, 0.1) is 5.82 Å². The van der Waals surface area contributed by atoms with Gasteiger partial charge in [0.05, 0.1) is 13.5 Å². The fraction of sp³-hybridized carbons (Fsp3) is 0.429. The maximum absolute atomic E-state index is 13.3. The summed E-state index contributed by atoms with van der Waals surface area (Å²) < 4.78 is 18.2. The summed E-state index contributed by atoms with van der Waals surface area (Å²) in [5, 5.41) is 8.71. The lowest BCUT2D eigenvalue weighted by Gasteiger charge is -2.26. The Kier molecular flexibility index (Phi) is 5.49. The van der Waals surface area contributed by atoms with Crippen LogP contribution in [-0.4, -0.2) is 41.6 Å². The first-order chi connectivity index (χ1) is 9.36. The molecule has 1 N–H and O–H groups in total. The SMILES string of the molecule is COc1cc(C(=O)N(CCC(=O)O)C(C)C)ccc1F. The Balaban J connectivity index is 2.97. The number of methoxy groups -OCH3 is 1. The van der Waals surface area contributed by atoms with Gasteiger partial charge in [0.25, 0.3) is 5.91 Å². The van der Waals surface area contributed by atoms with E-state index in [0.717, 1.165) is 6.07 Å². The summed E-state index contributed by atoms with van der Waals surface area (Å²) in [5.74, 6) is -1.89. The second kappa shape index (κ2) is 6.88. The Morgan fingerprint density at radius 2 is 2.05 bits per heavy atom. The number of nitrogens with zero attached hydrogens (tertiary/aromatic N) is 1. The van der Waals surface area contributed by atoms with E-state index < -0.39 is 11.8 Å². The monoisotopic (exact) mass is 283 g/mol. The van der Waals surface area contributed by atoms with Crippen LogP contribution in [0.15, 0.2) is 18.2 Å². The predicted molar refractivity (Wildman–Crippen MR) is 71.4 cm³/mol. The molecule has 0 aliphatic heterocycles. The summed E-state index contributed by atoms with van der Waals surface area (Å²) in [5.41, 5.74) is 0.266. The van der Waals surface area contributed by atoms with Crippen LogP contribution in [0.2, 0.25) is 0 Å². The molecule has 0 unspecified atom stereocenters. The van der Waals surface area contributed by atoms with Gasteiger partial charge in [-0.15, -0.1) is 0 Å². The molecule has 110 valence electrons. The van der Waals surface area contributed by atoms with Crippen molar-refractivity contribution >= 4 is 11.9 Å². The highest BCUT2D eigenvalue weighted by atomic mass is 19.1. The molecule has 5 nitrogen and oxygen atoms in total. The summed E-state index contributed by atoms with van der Waals surface area (Å²) in [6.07, 6.45) is -0.137. The average molecular weight is 283 g/mol. The second-order valence-electron chi connectivity index (χ2n) is 4.59. The van der Waals surface area contributed by atoms with Crippen molar-refractivity contribution in [2.45, 2.75) is 26.3 Å². The van der Waals surface area contributed by atoms with E-state index in [0.29, 0.717) is 0 Å². The fourth-order valence-electron chi connectivity index (χ4n) is 1.77. The molecule has 0 spiro atoms. The third-order valence-corrected chi connectivity index (χ3v) is 2.85. The molecule has 1 aromatic rings. The smallest absolute Gasteiger partial charge is 0.305 e. The normalized spacial score (nSPS) is 10.4. The molecule has 0 radical (unpaired) electrons. The first kappa shape index (κ1) is 15.9. The van der Waals surface area contributed by atoms with Crippen LogP contribution in [0.5, 0.6) is 5.75 Å². The van der Waals surface area contributed by atoms with Gasteiger partial charge in [-0.3, -0.25) is 9.59 Å². The van der Waals surface area contributed by atoms with E-state index in [1.54, 1.807) is 13.8 Å². The molecule has 6 heteroatoms. The topological polar surface area (TPSA) is 66.8 Å². The van der Waals surface area contributed by atoms with Crippen LogP contribution >= 0.6 is 0 Å². The summed E-state index contributed by atoms with van der Waals surface area (Å²) in [4.78, 5) is 24.4. The Bertz CT molecular complexity index is 502. The number of hydrogen-bond acceptors (Lipinski definition) is 3. The van der Waals surface area contributed by atoms with Gasteiger partial charge in [-0.1, -0.05) is 0 Å². The van der Waals surface area contributed by atoms with Crippen LogP contribution in [0.25, 0.3) is 0 Å². The first-order valence-electron chi connectivity index (χ1n) is 6.23. The Morgan fingerprint density at radius 1 is 1.40 bits per heavy atom. The van der Waals surface area contributed by atoms with E-state index in [9.17, 15) is 14.0 Å². The fourth-order valence-corrected chi connectivity index (χ4v) is 1.77. The number of rotatable bonds is 6. The lowest BCUT2D eigenvalue weighted by Crippen LogP contribution is -2.38. The van der Waals surface area contributed by atoms with E-state index in [1.165, 1.54) is 24.1 Å². The number of aliphatic carboxylic acids is 1. The van der Waals surface area contributed by atoms with Crippen LogP contribution in [0.1, 0.15) is 30.6 Å². The highest BCUT2D eigenvalue weighted by Gasteiger charge is 2.20. The van der Waals surface area contributed by atoms with E-state index in [2.05, 4.69) is 0 Å². The van der Waals surface area contributed by atoms with E-state index in [4.69, 9.17) is 9.84 Å². The van der Waals surface area contributed by atoms with Crippen molar-refractivity contribution in [3.8, 4) is 5.75 Å². The molecule has 1 amide bonds. The zero-order valence-electron chi connectivity index (χ0n) is 11.7. The minimum atomic E-state index is -0.972. The molecular formula is C14H18FNO4. The van der Waals surface area contributed by atoms with E-state index in [-0.39, 0.29) is 36.2 Å². The molecule has 0 aliphatic carbocycles. The van der Waals surface area contributed by atoms with Gasteiger partial charge in [0.1, 0.15) is 0 Å². The molecule has 0 aromatic heterocycles. The highest BCUT2D eigenvalue weighted by molar-refractivity contribution is 5.95. The third kappa shape index (κ3) is 3.94. The van der Waals surface area contributed by atoms with E-state index in [1.807, 2.05) is 0 Å². The Hall–Kier alpha value is -2.11. The van der Waals surface area contributed by atoms with Gasteiger partial charge in [-0.05, 0) is 32.0 Å². The number of benzene rings is 1. The third-order valence-electron chi connectivity index (χ3n) is 2.85. The zero-order chi connectivity index (χ0) is 15.3. The molecule has 0 aliphatic rings. The molecule has 0 bridgehead atoms. The Morgan fingerprint density at radius 3 is 2.55 bits per heavy atom. The number of carbonyl (C=O) groups excluding carboxylic acids is 1. The quantitative estimate of drug-likeness (QED) is 0.868. The molecule has 0 atom stereocenters. The predicted octanol–water partition coefficient (Wildman–Crippen LogP) is 2.16. The number of hydrogen-bond donors (Lipinski definition) is 1. The van der Waals surface area contributed by atoms with Crippen molar-refractivity contribution in [2.75, 3.05) is 13.7 Å². The number of halogens is 1. The summed E-state index contributed by atoms with van der Waals surface area (Å²) in [6, 6.07) is 3.67. The summed E-state index contributed by atoms with van der Waals surface area (Å²) in [7, 11) is 1.32. The molecule has 1 aromatic carbocycles. The molecule has 20 heavy (non-hydrogen) atoms.